The Hall–Kier alpha value is -2.63. The highest BCUT2D eigenvalue weighted by molar-refractivity contribution is 6.31. The molecular formula is C20H21ClN4O. The largest absolute Gasteiger partial charge is 0.353 e. The lowest BCUT2D eigenvalue weighted by Gasteiger charge is -2.26. The van der Waals surface area contributed by atoms with Crippen molar-refractivity contribution in [2.75, 3.05) is 6.54 Å². The summed E-state index contributed by atoms with van der Waals surface area (Å²) in [6.07, 6.45) is 3.15. The molecule has 0 bridgehead atoms. The van der Waals surface area contributed by atoms with E-state index in [1.807, 2.05) is 55.5 Å². The van der Waals surface area contributed by atoms with Crippen molar-refractivity contribution >= 4 is 29.4 Å². The Morgan fingerprint density at radius 2 is 1.96 bits per heavy atom. The van der Waals surface area contributed by atoms with E-state index in [0.29, 0.717) is 12.1 Å². The summed E-state index contributed by atoms with van der Waals surface area (Å²) in [5.41, 5.74) is 10.8. The van der Waals surface area contributed by atoms with Gasteiger partial charge in [-0.2, -0.15) is 0 Å². The third kappa shape index (κ3) is 4.31. The molecule has 2 aromatic rings. The van der Waals surface area contributed by atoms with Crippen LogP contribution < -0.4 is 16.4 Å². The van der Waals surface area contributed by atoms with Crippen LogP contribution in [0.3, 0.4) is 0 Å². The molecule has 0 saturated heterocycles. The van der Waals surface area contributed by atoms with Crippen LogP contribution in [-0.2, 0) is 6.42 Å². The molecule has 0 radical (unpaired) electrons. The Balaban J connectivity index is 1.74. The van der Waals surface area contributed by atoms with Gasteiger partial charge in [-0.15, -0.1) is 0 Å². The lowest BCUT2D eigenvalue weighted by Crippen LogP contribution is -2.53. The Labute approximate surface area is 158 Å². The van der Waals surface area contributed by atoms with Crippen LogP contribution in [0.25, 0.3) is 5.70 Å². The zero-order valence-electron chi connectivity index (χ0n) is 14.5. The highest BCUT2D eigenvalue weighted by Gasteiger charge is 2.16. The summed E-state index contributed by atoms with van der Waals surface area (Å²) < 4.78 is 0. The molecule has 0 aromatic heterocycles. The zero-order valence-corrected chi connectivity index (χ0v) is 15.3. The van der Waals surface area contributed by atoms with Gasteiger partial charge in [-0.3, -0.25) is 15.5 Å². The summed E-state index contributed by atoms with van der Waals surface area (Å²) in [4.78, 5) is 15.3. The van der Waals surface area contributed by atoms with Gasteiger partial charge in [0, 0.05) is 34.5 Å². The van der Waals surface area contributed by atoms with E-state index in [9.17, 15) is 4.79 Å². The van der Waals surface area contributed by atoms with Gasteiger partial charge in [0.2, 0.25) is 0 Å². The van der Waals surface area contributed by atoms with E-state index < -0.39 is 6.29 Å². The minimum absolute atomic E-state index is 0.418. The molecule has 0 fully saturated rings. The van der Waals surface area contributed by atoms with E-state index in [1.165, 1.54) is 0 Å². The van der Waals surface area contributed by atoms with Crippen LogP contribution in [0.5, 0.6) is 0 Å². The predicted octanol–water partition coefficient (Wildman–Crippen LogP) is 2.88. The lowest BCUT2D eigenvalue weighted by atomic mass is 10.0. The molecule has 1 heterocycles. The van der Waals surface area contributed by atoms with Gasteiger partial charge < -0.3 is 10.6 Å². The van der Waals surface area contributed by atoms with Crippen LogP contribution in [-0.4, -0.2) is 25.0 Å². The van der Waals surface area contributed by atoms with Crippen LogP contribution in [0.15, 0.2) is 53.5 Å². The molecule has 6 heteroatoms. The average molecular weight is 369 g/mol. The molecule has 5 nitrogen and oxygen atoms in total. The molecular weight excluding hydrogens is 348 g/mol. The van der Waals surface area contributed by atoms with E-state index >= 15 is 0 Å². The zero-order chi connectivity index (χ0) is 18.5. The van der Waals surface area contributed by atoms with Crippen LogP contribution in [0.2, 0.25) is 5.02 Å². The maximum absolute atomic E-state index is 10.7. The number of carbonyl (C=O) groups excluding carboxylic acids is 1. The number of rotatable bonds is 5. The van der Waals surface area contributed by atoms with Crippen molar-refractivity contribution in [3.05, 3.63) is 75.8 Å². The summed E-state index contributed by atoms with van der Waals surface area (Å²) in [6, 6.07) is 13.3. The maximum Gasteiger partial charge on any atom is 0.151 e. The Morgan fingerprint density at radius 1 is 1.19 bits per heavy atom. The Morgan fingerprint density at radius 3 is 2.69 bits per heavy atom. The summed E-state index contributed by atoms with van der Waals surface area (Å²) in [5.74, 6) is 0.732. The van der Waals surface area contributed by atoms with Gasteiger partial charge in [0.25, 0.3) is 0 Å². The number of halogens is 1. The number of nitrogens with zero attached hydrogens (tertiary/aromatic N) is 1. The average Bonchev–Trinajstić information content (AvgIpc) is 2.64. The molecule has 1 aliphatic heterocycles. The molecule has 0 spiro atoms. The van der Waals surface area contributed by atoms with E-state index in [4.69, 9.17) is 17.3 Å². The first-order valence-corrected chi connectivity index (χ1v) is 8.79. The van der Waals surface area contributed by atoms with Gasteiger partial charge in [0.15, 0.2) is 6.29 Å². The van der Waals surface area contributed by atoms with E-state index in [0.717, 1.165) is 46.0 Å². The number of carbonyl (C=O) groups is 1. The number of nitrogens with one attached hydrogen (secondary N) is 2. The van der Waals surface area contributed by atoms with E-state index in [1.54, 1.807) is 0 Å². The quantitative estimate of drug-likeness (QED) is 0.709. The van der Waals surface area contributed by atoms with E-state index in [-0.39, 0.29) is 0 Å². The molecule has 4 N–H and O–H groups in total. The van der Waals surface area contributed by atoms with Gasteiger partial charge in [-0.05, 0) is 30.5 Å². The van der Waals surface area contributed by atoms with Crippen molar-refractivity contribution in [2.24, 2.45) is 10.7 Å². The molecule has 3 rings (SSSR count). The molecule has 1 atom stereocenters. The van der Waals surface area contributed by atoms with Gasteiger partial charge in [-0.1, -0.05) is 48.0 Å². The second-order valence-corrected chi connectivity index (χ2v) is 6.52. The third-order valence-electron chi connectivity index (χ3n) is 4.25. The predicted molar refractivity (Wildman–Crippen MR) is 106 cm³/mol. The highest BCUT2D eigenvalue weighted by atomic mass is 35.5. The standard InChI is InChI=1S/C20H21ClN4O/c1-13-16(3-2-4-17(13)21)18-11-19(25-20(22)24-18)23-10-9-14-5-7-15(12-26)8-6-14/h2-8,11-12,20,24H,9-10,22H2,1H3,(H,23,25). The minimum Gasteiger partial charge on any atom is -0.353 e. The summed E-state index contributed by atoms with van der Waals surface area (Å²) in [5, 5.41) is 7.04. The van der Waals surface area contributed by atoms with Crippen LogP contribution in [0.4, 0.5) is 0 Å². The van der Waals surface area contributed by atoms with Crippen LogP contribution >= 0.6 is 11.6 Å². The third-order valence-corrected chi connectivity index (χ3v) is 4.66. The molecule has 2 aromatic carbocycles. The second kappa shape index (κ2) is 8.17. The molecule has 0 amide bonds. The Bertz CT molecular complexity index is 859. The van der Waals surface area contributed by atoms with Gasteiger partial charge in [0.1, 0.15) is 12.1 Å². The minimum atomic E-state index is -0.418. The molecule has 1 aliphatic rings. The molecule has 1 unspecified atom stereocenters. The molecule has 134 valence electrons. The second-order valence-electron chi connectivity index (χ2n) is 6.11. The van der Waals surface area contributed by atoms with Crippen LogP contribution in [0.1, 0.15) is 27.0 Å². The first kappa shape index (κ1) is 18.2. The summed E-state index contributed by atoms with van der Waals surface area (Å²) >= 11 is 6.22. The number of amidine groups is 1. The van der Waals surface area contributed by atoms with Crippen molar-refractivity contribution in [1.29, 1.82) is 0 Å². The lowest BCUT2D eigenvalue weighted by molar-refractivity contribution is 0.112. The fourth-order valence-electron chi connectivity index (χ4n) is 2.80. The Kier molecular flexibility index (Phi) is 5.71. The highest BCUT2D eigenvalue weighted by Crippen LogP contribution is 2.24. The number of hydrogen-bond donors (Lipinski definition) is 3. The molecule has 0 saturated carbocycles. The summed E-state index contributed by atoms with van der Waals surface area (Å²) in [7, 11) is 0. The van der Waals surface area contributed by atoms with Crippen molar-refractivity contribution in [2.45, 2.75) is 19.6 Å². The molecule has 0 aliphatic carbocycles. The topological polar surface area (TPSA) is 79.5 Å². The van der Waals surface area contributed by atoms with Gasteiger partial charge in [0.05, 0.1) is 0 Å². The number of hydrogen-bond acceptors (Lipinski definition) is 4. The SMILES string of the molecule is Cc1c(Cl)cccc1C1=CC(=NCCc2ccc(C=O)cc2)NC(N)N1. The van der Waals surface area contributed by atoms with Gasteiger partial charge in [-0.25, -0.2) is 0 Å². The first-order chi connectivity index (χ1) is 12.6. The number of aliphatic imine (C=N–C) groups is 1. The maximum atomic E-state index is 10.7. The normalized spacial score (nSPS) is 18.0. The smallest absolute Gasteiger partial charge is 0.151 e. The monoisotopic (exact) mass is 368 g/mol. The van der Waals surface area contributed by atoms with Crippen molar-refractivity contribution in [1.82, 2.24) is 10.6 Å². The van der Waals surface area contributed by atoms with Crippen molar-refractivity contribution < 1.29 is 4.79 Å². The van der Waals surface area contributed by atoms with Crippen molar-refractivity contribution in [3.8, 4) is 0 Å². The van der Waals surface area contributed by atoms with Gasteiger partial charge >= 0.3 is 0 Å². The fraction of sp³-hybridized carbons (Fsp3) is 0.200. The summed E-state index contributed by atoms with van der Waals surface area (Å²) in [6.45, 7) is 2.60. The number of nitrogens with two attached hydrogens (primary N) is 1. The number of benzene rings is 2. The first-order valence-electron chi connectivity index (χ1n) is 8.41. The molecule has 26 heavy (non-hydrogen) atoms. The van der Waals surface area contributed by atoms with Crippen LogP contribution in [0, 0.1) is 6.92 Å². The fourth-order valence-corrected chi connectivity index (χ4v) is 2.97. The number of aldehydes is 1. The van der Waals surface area contributed by atoms with E-state index in [2.05, 4.69) is 15.6 Å². The van der Waals surface area contributed by atoms with Crippen molar-refractivity contribution in [3.63, 3.8) is 0 Å².